The second kappa shape index (κ2) is 7.82. The van der Waals surface area contributed by atoms with Crippen LogP contribution in [0, 0.1) is 13.8 Å². The zero-order chi connectivity index (χ0) is 19.4. The Labute approximate surface area is 157 Å². The molecule has 1 aromatic carbocycles. The molecular weight excluding hydrogens is 344 g/mol. The number of anilines is 1. The summed E-state index contributed by atoms with van der Waals surface area (Å²) in [5.41, 5.74) is 3.90. The number of carbonyl (C=O) groups is 2. The summed E-state index contributed by atoms with van der Waals surface area (Å²) >= 11 is 0. The van der Waals surface area contributed by atoms with Gasteiger partial charge < -0.3 is 10.1 Å². The minimum atomic E-state index is -0.392. The first-order valence-electron chi connectivity index (χ1n) is 8.55. The Morgan fingerprint density at radius 2 is 1.81 bits per heavy atom. The molecule has 3 aromatic rings. The second-order valence-electron chi connectivity index (χ2n) is 5.97. The van der Waals surface area contributed by atoms with Gasteiger partial charge in [-0.2, -0.15) is 5.10 Å². The molecule has 0 saturated carbocycles. The summed E-state index contributed by atoms with van der Waals surface area (Å²) in [5, 5.41) is 7.08. The third kappa shape index (κ3) is 4.03. The van der Waals surface area contributed by atoms with Crippen LogP contribution in [-0.2, 0) is 4.74 Å². The van der Waals surface area contributed by atoms with Crippen molar-refractivity contribution in [2.45, 2.75) is 20.8 Å². The van der Waals surface area contributed by atoms with Crippen LogP contribution in [-0.4, -0.2) is 33.2 Å². The molecular formula is C20H20N4O3. The minimum Gasteiger partial charge on any atom is -0.462 e. The fraction of sp³-hybridized carbons (Fsp3) is 0.200. The van der Waals surface area contributed by atoms with E-state index in [0.717, 1.165) is 11.4 Å². The van der Waals surface area contributed by atoms with Crippen molar-refractivity contribution in [2.24, 2.45) is 0 Å². The lowest BCUT2D eigenvalue weighted by Gasteiger charge is -2.08. The molecule has 1 amide bonds. The van der Waals surface area contributed by atoms with Gasteiger partial charge in [0.1, 0.15) is 5.56 Å². The topological polar surface area (TPSA) is 86.1 Å². The standard InChI is InChI=1S/C20H20N4O3/c1-4-27-20(26)18-12-22-24(14(18)3)17-9-7-16(8-10-17)23-19(25)15-6-5-13(2)21-11-15/h5-12H,4H2,1-3H3,(H,23,25). The van der Waals surface area contributed by atoms with Crippen LogP contribution in [0.25, 0.3) is 5.69 Å². The number of aromatic nitrogens is 3. The van der Waals surface area contributed by atoms with Crippen molar-refractivity contribution in [3.63, 3.8) is 0 Å². The maximum atomic E-state index is 12.3. The maximum absolute atomic E-state index is 12.3. The van der Waals surface area contributed by atoms with Crippen LogP contribution >= 0.6 is 0 Å². The lowest BCUT2D eigenvalue weighted by molar-refractivity contribution is 0.0525. The molecule has 0 spiro atoms. The molecule has 27 heavy (non-hydrogen) atoms. The van der Waals surface area contributed by atoms with Gasteiger partial charge in [0.2, 0.25) is 0 Å². The highest BCUT2D eigenvalue weighted by Gasteiger charge is 2.16. The van der Waals surface area contributed by atoms with Crippen LogP contribution < -0.4 is 5.32 Å². The smallest absolute Gasteiger partial charge is 0.341 e. The average molecular weight is 364 g/mol. The predicted octanol–water partition coefficient (Wildman–Crippen LogP) is 3.31. The summed E-state index contributed by atoms with van der Waals surface area (Å²) in [6.07, 6.45) is 3.04. The molecule has 0 bridgehead atoms. The Bertz CT molecular complexity index is 960. The number of pyridine rings is 1. The van der Waals surface area contributed by atoms with Crippen molar-refractivity contribution in [3.8, 4) is 5.69 Å². The SMILES string of the molecule is CCOC(=O)c1cnn(-c2ccc(NC(=O)c3ccc(C)nc3)cc2)c1C. The van der Waals surface area contributed by atoms with Gasteiger partial charge in [0.25, 0.3) is 5.91 Å². The molecule has 138 valence electrons. The molecule has 1 N–H and O–H groups in total. The van der Waals surface area contributed by atoms with Gasteiger partial charge in [0.05, 0.1) is 29.7 Å². The van der Waals surface area contributed by atoms with Crippen molar-refractivity contribution in [3.05, 3.63) is 71.3 Å². The quantitative estimate of drug-likeness (QED) is 0.702. The van der Waals surface area contributed by atoms with Crippen LogP contribution in [0.1, 0.15) is 39.0 Å². The highest BCUT2D eigenvalue weighted by Crippen LogP contribution is 2.18. The number of nitrogens with zero attached hydrogens (tertiary/aromatic N) is 3. The maximum Gasteiger partial charge on any atom is 0.341 e. The predicted molar refractivity (Wildman–Crippen MR) is 101 cm³/mol. The highest BCUT2D eigenvalue weighted by atomic mass is 16.5. The molecule has 0 aliphatic carbocycles. The number of hydrogen-bond acceptors (Lipinski definition) is 5. The van der Waals surface area contributed by atoms with Crippen molar-refractivity contribution >= 4 is 17.6 Å². The Morgan fingerprint density at radius 1 is 1.07 bits per heavy atom. The van der Waals surface area contributed by atoms with E-state index in [9.17, 15) is 9.59 Å². The van der Waals surface area contributed by atoms with Crippen LogP contribution in [0.3, 0.4) is 0 Å². The van der Waals surface area contributed by atoms with Crippen molar-refractivity contribution in [1.82, 2.24) is 14.8 Å². The van der Waals surface area contributed by atoms with Gasteiger partial charge in [-0.1, -0.05) is 0 Å². The first-order chi connectivity index (χ1) is 13.0. The highest BCUT2D eigenvalue weighted by molar-refractivity contribution is 6.04. The number of aryl methyl sites for hydroxylation is 1. The van der Waals surface area contributed by atoms with Gasteiger partial charge in [-0.25, -0.2) is 9.48 Å². The van der Waals surface area contributed by atoms with Gasteiger partial charge in [-0.3, -0.25) is 9.78 Å². The number of rotatable bonds is 5. The molecule has 0 aliphatic heterocycles. The molecule has 7 nitrogen and oxygen atoms in total. The molecule has 0 fully saturated rings. The summed E-state index contributed by atoms with van der Waals surface area (Å²) < 4.78 is 6.68. The van der Waals surface area contributed by atoms with E-state index >= 15 is 0 Å². The van der Waals surface area contributed by atoms with E-state index in [2.05, 4.69) is 15.4 Å². The summed E-state index contributed by atoms with van der Waals surface area (Å²) in [4.78, 5) is 28.3. The van der Waals surface area contributed by atoms with Crippen LogP contribution in [0.5, 0.6) is 0 Å². The van der Waals surface area contributed by atoms with E-state index in [4.69, 9.17) is 4.74 Å². The first-order valence-corrected chi connectivity index (χ1v) is 8.55. The molecule has 7 heteroatoms. The van der Waals surface area contributed by atoms with E-state index in [1.807, 2.05) is 19.1 Å². The number of hydrogen-bond donors (Lipinski definition) is 1. The van der Waals surface area contributed by atoms with Crippen molar-refractivity contribution in [1.29, 1.82) is 0 Å². The first kappa shape index (κ1) is 18.3. The van der Waals surface area contributed by atoms with Crippen LogP contribution in [0.2, 0.25) is 0 Å². The average Bonchev–Trinajstić information content (AvgIpc) is 3.04. The fourth-order valence-corrected chi connectivity index (χ4v) is 2.57. The lowest BCUT2D eigenvalue weighted by atomic mass is 10.2. The van der Waals surface area contributed by atoms with Crippen molar-refractivity contribution < 1.29 is 14.3 Å². The van der Waals surface area contributed by atoms with Gasteiger partial charge in [-0.05, 0) is 57.2 Å². The Hall–Kier alpha value is -3.48. The molecule has 0 saturated heterocycles. The van der Waals surface area contributed by atoms with Gasteiger partial charge >= 0.3 is 5.97 Å². The number of benzene rings is 1. The van der Waals surface area contributed by atoms with E-state index in [-0.39, 0.29) is 5.91 Å². The molecule has 0 unspecified atom stereocenters. The summed E-state index contributed by atoms with van der Waals surface area (Å²) in [6.45, 7) is 5.75. The van der Waals surface area contributed by atoms with Crippen molar-refractivity contribution in [2.75, 3.05) is 11.9 Å². The third-order valence-electron chi connectivity index (χ3n) is 4.05. The summed E-state index contributed by atoms with van der Waals surface area (Å²) in [6, 6.07) is 10.7. The minimum absolute atomic E-state index is 0.227. The molecule has 0 aliphatic rings. The third-order valence-corrected chi connectivity index (χ3v) is 4.05. The van der Waals surface area contributed by atoms with E-state index < -0.39 is 5.97 Å². The zero-order valence-corrected chi connectivity index (χ0v) is 15.4. The Balaban J connectivity index is 1.75. The van der Waals surface area contributed by atoms with E-state index in [1.165, 1.54) is 6.20 Å². The summed E-state index contributed by atoms with van der Waals surface area (Å²) in [5.74, 6) is -0.619. The van der Waals surface area contributed by atoms with Gasteiger partial charge in [0.15, 0.2) is 0 Å². The zero-order valence-electron chi connectivity index (χ0n) is 15.4. The largest absolute Gasteiger partial charge is 0.462 e. The van der Waals surface area contributed by atoms with Crippen LogP contribution in [0.4, 0.5) is 5.69 Å². The van der Waals surface area contributed by atoms with Gasteiger partial charge in [-0.15, -0.1) is 0 Å². The second-order valence-corrected chi connectivity index (χ2v) is 5.97. The normalized spacial score (nSPS) is 10.5. The number of ether oxygens (including phenoxy) is 1. The summed E-state index contributed by atoms with van der Waals surface area (Å²) in [7, 11) is 0. The van der Waals surface area contributed by atoms with E-state index in [1.54, 1.807) is 49.0 Å². The van der Waals surface area contributed by atoms with Gasteiger partial charge in [0, 0.05) is 17.6 Å². The molecule has 0 radical (unpaired) electrons. The number of nitrogens with one attached hydrogen (secondary N) is 1. The Morgan fingerprint density at radius 3 is 2.44 bits per heavy atom. The number of amides is 1. The number of esters is 1. The fourth-order valence-electron chi connectivity index (χ4n) is 2.57. The molecule has 2 aromatic heterocycles. The lowest BCUT2D eigenvalue weighted by Crippen LogP contribution is -2.12. The van der Waals surface area contributed by atoms with E-state index in [0.29, 0.717) is 29.1 Å². The number of carbonyl (C=O) groups excluding carboxylic acids is 2. The molecule has 0 atom stereocenters. The molecule has 3 rings (SSSR count). The van der Waals surface area contributed by atoms with Crippen LogP contribution in [0.15, 0.2) is 48.8 Å². The Kier molecular flexibility index (Phi) is 5.30. The molecule has 2 heterocycles. The monoisotopic (exact) mass is 364 g/mol.